The fourth-order valence-corrected chi connectivity index (χ4v) is 5.74. The number of hydrogen-bond acceptors (Lipinski definition) is 0. The molecule has 0 aromatic heterocycles. The average Bonchev–Trinajstić information content (AvgIpc) is 2.75. The molecule has 0 heterocycles. The summed E-state index contributed by atoms with van der Waals surface area (Å²) in [6, 6.07) is 17.0. The molecule has 2 aliphatic rings. The molecule has 3 aromatic rings. The molecule has 2 aliphatic carbocycles. The Balaban J connectivity index is 1.59. The summed E-state index contributed by atoms with van der Waals surface area (Å²) >= 11 is 0. The van der Waals surface area contributed by atoms with E-state index in [-0.39, 0.29) is 0 Å². The van der Waals surface area contributed by atoms with Gasteiger partial charge in [0.2, 0.25) is 0 Å². The van der Waals surface area contributed by atoms with Gasteiger partial charge >= 0.3 is 0 Å². The van der Waals surface area contributed by atoms with E-state index in [0.717, 1.165) is 11.8 Å². The summed E-state index contributed by atoms with van der Waals surface area (Å²) in [6.45, 7) is 2.35. The minimum absolute atomic E-state index is 0.784. The fraction of sp³-hybridized carbons (Fsp3) is 0.481. The molecule has 2 fully saturated rings. The minimum atomic E-state index is 0.784. The lowest BCUT2D eigenvalue weighted by molar-refractivity contribution is 0.444. The first-order chi connectivity index (χ1) is 13.3. The van der Waals surface area contributed by atoms with Crippen LogP contribution in [0, 0.1) is 6.92 Å². The standard InChI is InChI=1S/C27H32/c1-19-26-17-22(20-8-4-2-5-9-20)12-14-24(26)16-25-15-13-23(18-27(19)25)21-10-6-3-7-11-21/h12-18,20-21H,2-11H2,1H3. The zero-order valence-electron chi connectivity index (χ0n) is 16.8. The summed E-state index contributed by atoms with van der Waals surface area (Å²) < 4.78 is 0. The van der Waals surface area contributed by atoms with Gasteiger partial charge in [0.15, 0.2) is 0 Å². The molecule has 0 radical (unpaired) electrons. The van der Waals surface area contributed by atoms with Crippen molar-refractivity contribution < 1.29 is 0 Å². The first-order valence-corrected chi connectivity index (χ1v) is 11.3. The Morgan fingerprint density at radius 3 is 1.44 bits per heavy atom. The van der Waals surface area contributed by atoms with E-state index in [0.29, 0.717) is 0 Å². The van der Waals surface area contributed by atoms with Crippen molar-refractivity contribution in [2.75, 3.05) is 0 Å². The van der Waals surface area contributed by atoms with E-state index < -0.39 is 0 Å². The second-order valence-corrected chi connectivity index (χ2v) is 9.13. The number of fused-ring (bicyclic) bond motifs is 2. The molecular formula is C27H32. The predicted molar refractivity (Wildman–Crippen MR) is 118 cm³/mol. The molecule has 3 aromatic carbocycles. The zero-order chi connectivity index (χ0) is 18.2. The molecule has 5 rings (SSSR count). The molecule has 0 saturated heterocycles. The van der Waals surface area contributed by atoms with Gasteiger partial charge in [-0.1, -0.05) is 74.9 Å². The van der Waals surface area contributed by atoms with Crippen molar-refractivity contribution in [1.82, 2.24) is 0 Å². The largest absolute Gasteiger partial charge is 0.0581 e. The van der Waals surface area contributed by atoms with Crippen LogP contribution in [-0.4, -0.2) is 0 Å². The lowest BCUT2D eigenvalue weighted by Crippen LogP contribution is -2.05. The highest BCUT2D eigenvalue weighted by Crippen LogP contribution is 2.38. The van der Waals surface area contributed by atoms with Crippen molar-refractivity contribution in [3.8, 4) is 0 Å². The Hall–Kier alpha value is -1.82. The van der Waals surface area contributed by atoms with Crippen molar-refractivity contribution in [3.05, 3.63) is 59.2 Å². The third-order valence-electron chi connectivity index (χ3n) is 7.43. The van der Waals surface area contributed by atoms with Crippen LogP contribution in [0.2, 0.25) is 0 Å². The van der Waals surface area contributed by atoms with Crippen molar-refractivity contribution in [3.63, 3.8) is 0 Å². The highest BCUT2D eigenvalue weighted by atomic mass is 14.2. The smallest absolute Gasteiger partial charge is 0.0145 e. The van der Waals surface area contributed by atoms with Crippen LogP contribution in [0.1, 0.15) is 92.7 Å². The third kappa shape index (κ3) is 3.28. The molecule has 140 valence electrons. The lowest BCUT2D eigenvalue weighted by Gasteiger charge is -2.23. The van der Waals surface area contributed by atoms with E-state index in [1.165, 1.54) is 91.3 Å². The normalized spacial score (nSPS) is 19.7. The van der Waals surface area contributed by atoms with Crippen LogP contribution in [0.3, 0.4) is 0 Å². The van der Waals surface area contributed by atoms with Crippen LogP contribution in [0.5, 0.6) is 0 Å². The highest BCUT2D eigenvalue weighted by Gasteiger charge is 2.18. The van der Waals surface area contributed by atoms with E-state index in [4.69, 9.17) is 0 Å². The van der Waals surface area contributed by atoms with Crippen LogP contribution in [-0.2, 0) is 0 Å². The Morgan fingerprint density at radius 1 is 0.556 bits per heavy atom. The van der Waals surface area contributed by atoms with Gasteiger partial charge in [0.1, 0.15) is 0 Å². The Kier molecular flexibility index (Phi) is 4.68. The zero-order valence-corrected chi connectivity index (χ0v) is 16.8. The van der Waals surface area contributed by atoms with E-state index in [1.54, 1.807) is 11.1 Å². The van der Waals surface area contributed by atoms with Crippen LogP contribution >= 0.6 is 0 Å². The fourth-order valence-electron chi connectivity index (χ4n) is 5.74. The maximum absolute atomic E-state index is 2.52. The van der Waals surface area contributed by atoms with Gasteiger partial charge in [-0.2, -0.15) is 0 Å². The molecule has 0 unspecified atom stereocenters. The maximum atomic E-state index is 2.52. The number of rotatable bonds is 2. The summed E-state index contributed by atoms with van der Waals surface area (Å²) in [5.41, 5.74) is 4.64. The molecule has 0 N–H and O–H groups in total. The third-order valence-corrected chi connectivity index (χ3v) is 7.43. The van der Waals surface area contributed by atoms with Gasteiger partial charge in [-0.15, -0.1) is 0 Å². The quantitative estimate of drug-likeness (QED) is 0.404. The average molecular weight is 357 g/mol. The molecule has 2 saturated carbocycles. The molecule has 0 bridgehead atoms. The minimum Gasteiger partial charge on any atom is -0.0581 e. The molecular weight excluding hydrogens is 324 g/mol. The molecule has 0 nitrogen and oxygen atoms in total. The molecule has 0 aliphatic heterocycles. The second-order valence-electron chi connectivity index (χ2n) is 9.13. The van der Waals surface area contributed by atoms with E-state index in [9.17, 15) is 0 Å². The van der Waals surface area contributed by atoms with Gasteiger partial charge in [-0.25, -0.2) is 0 Å². The molecule has 27 heavy (non-hydrogen) atoms. The van der Waals surface area contributed by atoms with E-state index in [2.05, 4.69) is 49.4 Å². The van der Waals surface area contributed by atoms with Crippen LogP contribution in [0.15, 0.2) is 42.5 Å². The Morgan fingerprint density at radius 2 is 1.00 bits per heavy atom. The van der Waals surface area contributed by atoms with Gasteiger partial charge in [-0.05, 0) is 88.7 Å². The second kappa shape index (κ2) is 7.30. The van der Waals surface area contributed by atoms with Gasteiger partial charge in [0, 0.05) is 0 Å². The molecule has 0 amide bonds. The first kappa shape index (κ1) is 17.3. The maximum Gasteiger partial charge on any atom is -0.0145 e. The molecule has 0 heteroatoms. The first-order valence-electron chi connectivity index (χ1n) is 11.3. The molecule has 0 atom stereocenters. The Labute approximate surface area is 164 Å². The van der Waals surface area contributed by atoms with E-state index in [1.807, 2.05) is 0 Å². The number of hydrogen-bond donors (Lipinski definition) is 0. The monoisotopic (exact) mass is 356 g/mol. The summed E-state index contributed by atoms with van der Waals surface area (Å²) in [4.78, 5) is 0. The van der Waals surface area contributed by atoms with Crippen LogP contribution in [0.4, 0.5) is 0 Å². The summed E-state index contributed by atoms with van der Waals surface area (Å²) in [5, 5.41) is 5.77. The molecule has 0 spiro atoms. The lowest BCUT2D eigenvalue weighted by atomic mass is 9.82. The van der Waals surface area contributed by atoms with Gasteiger partial charge < -0.3 is 0 Å². The van der Waals surface area contributed by atoms with Crippen LogP contribution in [0.25, 0.3) is 21.5 Å². The number of benzene rings is 3. The topological polar surface area (TPSA) is 0 Å². The van der Waals surface area contributed by atoms with Gasteiger partial charge in [0.05, 0.1) is 0 Å². The van der Waals surface area contributed by atoms with Gasteiger partial charge in [-0.3, -0.25) is 0 Å². The number of aryl methyl sites for hydroxylation is 1. The van der Waals surface area contributed by atoms with Crippen molar-refractivity contribution >= 4 is 21.5 Å². The van der Waals surface area contributed by atoms with Crippen molar-refractivity contribution in [1.29, 1.82) is 0 Å². The summed E-state index contributed by atoms with van der Waals surface area (Å²) in [5.74, 6) is 1.57. The summed E-state index contributed by atoms with van der Waals surface area (Å²) in [7, 11) is 0. The van der Waals surface area contributed by atoms with Crippen molar-refractivity contribution in [2.24, 2.45) is 0 Å². The van der Waals surface area contributed by atoms with Crippen LogP contribution < -0.4 is 0 Å². The van der Waals surface area contributed by atoms with Gasteiger partial charge in [0.25, 0.3) is 0 Å². The van der Waals surface area contributed by atoms with E-state index >= 15 is 0 Å². The SMILES string of the molecule is Cc1c2cc(C3CCCCC3)ccc2cc2ccc(C3CCCCC3)cc12. The Bertz CT molecular complexity index is 877. The predicted octanol–water partition coefficient (Wildman–Crippen LogP) is 8.40. The highest BCUT2D eigenvalue weighted by molar-refractivity contribution is 6.02. The van der Waals surface area contributed by atoms with Crippen molar-refractivity contribution in [2.45, 2.75) is 83.0 Å². The summed E-state index contributed by atoms with van der Waals surface area (Å²) in [6.07, 6.45) is 14.0.